The Bertz CT molecular complexity index is 1370. The van der Waals surface area contributed by atoms with Gasteiger partial charge in [0.25, 0.3) is 0 Å². The van der Waals surface area contributed by atoms with Gasteiger partial charge in [0.2, 0.25) is 0 Å². The van der Waals surface area contributed by atoms with Crippen molar-refractivity contribution < 1.29 is 13.5 Å². The van der Waals surface area contributed by atoms with E-state index < -0.39 is 11.6 Å². The molecule has 9 heteroatoms. The summed E-state index contributed by atoms with van der Waals surface area (Å²) in [6.45, 7) is 0.929. The minimum absolute atomic E-state index is 0.00876. The number of hydrogen-bond acceptors (Lipinski definition) is 6. The Hall–Kier alpha value is -4.11. The molecule has 2 aliphatic rings. The average Bonchev–Trinajstić information content (AvgIpc) is 3.25. The summed E-state index contributed by atoms with van der Waals surface area (Å²) in [5.74, 6) is -1.80. The molecular weight excluding hydrogens is 426 g/mol. The molecule has 2 aliphatic heterocycles. The first kappa shape index (κ1) is 20.8. The van der Waals surface area contributed by atoms with Crippen molar-refractivity contribution >= 4 is 0 Å². The third kappa shape index (κ3) is 4.31. The number of methoxy groups -OCH3 is 1. The first-order valence-electron chi connectivity index (χ1n) is 10.2. The van der Waals surface area contributed by atoms with Crippen LogP contribution in [-0.4, -0.2) is 37.1 Å². The average molecular weight is 444 g/mol. The Kier molecular flexibility index (Phi) is 5.54. The summed E-state index contributed by atoms with van der Waals surface area (Å²) in [5, 5.41) is 12.9. The van der Waals surface area contributed by atoms with Crippen molar-refractivity contribution in [2.75, 3.05) is 7.11 Å². The summed E-state index contributed by atoms with van der Waals surface area (Å²) in [6.07, 6.45) is 3.22. The summed E-state index contributed by atoms with van der Waals surface area (Å²) in [4.78, 5) is 8.60. The molecular formula is C24H18F2N6O. The molecule has 3 heterocycles. The summed E-state index contributed by atoms with van der Waals surface area (Å²) in [7, 11) is 1.66. The molecule has 164 valence electrons. The third-order valence-corrected chi connectivity index (χ3v) is 5.11. The number of benzene rings is 2. The lowest BCUT2D eigenvalue weighted by molar-refractivity contribution is 0.185. The van der Waals surface area contributed by atoms with E-state index in [2.05, 4.69) is 25.3 Å². The number of rotatable bonds is 6. The Morgan fingerprint density at radius 1 is 0.879 bits per heavy atom. The quantitative estimate of drug-likeness (QED) is 0.387. The molecule has 0 bridgehead atoms. The molecule has 0 saturated heterocycles. The highest BCUT2D eigenvalue weighted by Gasteiger charge is 2.18. The fourth-order valence-electron chi connectivity index (χ4n) is 3.45. The fraction of sp³-hybridized carbons (Fsp3) is 0.125. The van der Waals surface area contributed by atoms with E-state index in [1.54, 1.807) is 18.0 Å². The van der Waals surface area contributed by atoms with Crippen LogP contribution in [-0.2, 0) is 17.9 Å². The van der Waals surface area contributed by atoms with E-state index in [1.165, 1.54) is 18.3 Å². The highest BCUT2D eigenvalue weighted by molar-refractivity contribution is 5.65. The van der Waals surface area contributed by atoms with E-state index in [9.17, 15) is 8.78 Å². The van der Waals surface area contributed by atoms with Crippen LogP contribution in [0, 0.1) is 11.6 Å². The van der Waals surface area contributed by atoms with Gasteiger partial charge in [-0.15, -0.1) is 0 Å². The van der Waals surface area contributed by atoms with Gasteiger partial charge < -0.3 is 4.74 Å². The number of imidazole rings is 1. The van der Waals surface area contributed by atoms with Crippen LogP contribution < -0.4 is 0 Å². The minimum atomic E-state index is -0.975. The summed E-state index contributed by atoms with van der Waals surface area (Å²) in [5.41, 5.74) is 4.54. The Morgan fingerprint density at radius 3 is 2.45 bits per heavy atom. The molecule has 1 aromatic heterocycles. The zero-order valence-electron chi connectivity index (χ0n) is 17.6. The Labute approximate surface area is 188 Å². The zero-order chi connectivity index (χ0) is 22.8. The lowest BCUT2D eigenvalue weighted by Crippen LogP contribution is -2.07. The summed E-state index contributed by atoms with van der Waals surface area (Å²) < 4.78 is 34.4. The molecule has 0 radical (unpaired) electrons. The summed E-state index contributed by atoms with van der Waals surface area (Å²) >= 11 is 0. The van der Waals surface area contributed by atoms with Gasteiger partial charge in [-0.3, -0.25) is 4.68 Å². The number of nitrogens with zero attached hydrogens (tertiary/aromatic N) is 6. The van der Waals surface area contributed by atoms with Crippen molar-refractivity contribution in [1.82, 2.24) is 29.9 Å². The van der Waals surface area contributed by atoms with E-state index in [1.807, 2.05) is 36.4 Å². The van der Waals surface area contributed by atoms with Crippen molar-refractivity contribution in [3.8, 4) is 34.0 Å². The molecule has 0 aliphatic carbocycles. The van der Waals surface area contributed by atoms with Gasteiger partial charge in [-0.1, -0.05) is 30.3 Å². The van der Waals surface area contributed by atoms with Crippen molar-refractivity contribution in [2.24, 2.45) is 0 Å². The lowest BCUT2D eigenvalue weighted by atomic mass is 10.1. The highest BCUT2D eigenvalue weighted by atomic mass is 19.2. The van der Waals surface area contributed by atoms with Gasteiger partial charge in [-0.2, -0.15) is 15.3 Å². The zero-order valence-corrected chi connectivity index (χ0v) is 17.6. The van der Waals surface area contributed by atoms with Gasteiger partial charge in [0.05, 0.1) is 42.5 Å². The van der Waals surface area contributed by atoms with Crippen molar-refractivity contribution in [1.29, 1.82) is 0 Å². The van der Waals surface area contributed by atoms with Crippen LogP contribution in [0.3, 0.4) is 0 Å². The predicted molar refractivity (Wildman–Crippen MR) is 117 cm³/mol. The molecule has 2 aromatic carbocycles. The molecule has 7 nitrogen and oxygen atoms in total. The number of fused-ring (bicyclic) bond motifs is 1. The number of hydrogen-bond donors (Lipinski definition) is 0. The topological polar surface area (TPSA) is 78.6 Å². The third-order valence-electron chi connectivity index (χ3n) is 5.11. The molecule has 33 heavy (non-hydrogen) atoms. The maximum Gasteiger partial charge on any atom is 0.169 e. The summed E-state index contributed by atoms with van der Waals surface area (Å²) in [6, 6.07) is 15.7. The van der Waals surface area contributed by atoms with Gasteiger partial charge in [0, 0.05) is 12.7 Å². The van der Waals surface area contributed by atoms with Crippen molar-refractivity contribution in [2.45, 2.75) is 13.2 Å². The van der Waals surface area contributed by atoms with Crippen LogP contribution in [0.25, 0.3) is 34.0 Å². The second kappa shape index (κ2) is 8.79. The molecule has 0 fully saturated rings. The SMILES string of the molecule is COCc1ccc(-c2ccc(Cn3cc4nc(-c5cccc(F)c5F)nc-4cn3)nn2)cc1. The van der Waals surface area contributed by atoms with Crippen LogP contribution in [0.1, 0.15) is 11.3 Å². The van der Waals surface area contributed by atoms with Crippen LogP contribution in [0.15, 0.2) is 67.0 Å². The van der Waals surface area contributed by atoms with Crippen LogP contribution >= 0.6 is 0 Å². The van der Waals surface area contributed by atoms with Crippen LogP contribution in [0.5, 0.6) is 0 Å². The van der Waals surface area contributed by atoms with E-state index in [0.717, 1.165) is 22.9 Å². The monoisotopic (exact) mass is 444 g/mol. The number of aromatic nitrogens is 6. The maximum absolute atomic E-state index is 14.1. The standard InChI is InChI=1S/C24H18F2N6O/c1-33-14-15-5-7-16(8-6-15)20-10-9-17(30-31-20)12-32-13-22-21(11-27-32)28-24(29-22)18-3-2-4-19(25)23(18)26/h2-11,13H,12,14H2,1H3. The van der Waals surface area contributed by atoms with E-state index in [0.29, 0.717) is 30.2 Å². The molecule has 0 spiro atoms. The van der Waals surface area contributed by atoms with Crippen LogP contribution in [0.4, 0.5) is 8.78 Å². The van der Waals surface area contributed by atoms with Gasteiger partial charge in [0.1, 0.15) is 11.4 Å². The normalized spacial score (nSPS) is 11.2. The molecule has 0 atom stereocenters. The maximum atomic E-state index is 14.1. The van der Waals surface area contributed by atoms with E-state index in [4.69, 9.17) is 4.74 Å². The second-order valence-corrected chi connectivity index (χ2v) is 7.43. The van der Waals surface area contributed by atoms with E-state index >= 15 is 0 Å². The van der Waals surface area contributed by atoms with Crippen molar-refractivity contribution in [3.63, 3.8) is 0 Å². The molecule has 0 N–H and O–H groups in total. The Balaban J connectivity index is 1.35. The van der Waals surface area contributed by atoms with Crippen LogP contribution in [0.2, 0.25) is 0 Å². The first-order valence-corrected chi connectivity index (χ1v) is 10.2. The van der Waals surface area contributed by atoms with Gasteiger partial charge in [-0.05, 0) is 29.8 Å². The number of halogens is 2. The first-order chi connectivity index (χ1) is 16.1. The minimum Gasteiger partial charge on any atom is -0.380 e. The number of ether oxygens (including phenoxy) is 1. The highest BCUT2D eigenvalue weighted by Crippen LogP contribution is 2.27. The largest absolute Gasteiger partial charge is 0.380 e. The molecule has 3 aromatic rings. The van der Waals surface area contributed by atoms with Gasteiger partial charge in [0.15, 0.2) is 17.5 Å². The van der Waals surface area contributed by atoms with E-state index in [-0.39, 0.29) is 11.4 Å². The van der Waals surface area contributed by atoms with Gasteiger partial charge >= 0.3 is 0 Å². The molecule has 0 unspecified atom stereocenters. The smallest absolute Gasteiger partial charge is 0.169 e. The van der Waals surface area contributed by atoms with Crippen molar-refractivity contribution in [3.05, 3.63) is 89.9 Å². The lowest BCUT2D eigenvalue weighted by Gasteiger charge is -2.07. The second-order valence-electron chi connectivity index (χ2n) is 7.43. The molecule has 0 amide bonds. The Morgan fingerprint density at radius 2 is 1.70 bits per heavy atom. The predicted octanol–water partition coefficient (Wildman–Crippen LogP) is 4.37. The fourth-order valence-corrected chi connectivity index (χ4v) is 3.45. The molecule has 0 saturated carbocycles. The molecule has 5 rings (SSSR count). The van der Waals surface area contributed by atoms with Gasteiger partial charge in [-0.25, -0.2) is 18.7 Å².